The molecule has 0 rings (SSSR count). The zero-order valence-corrected chi connectivity index (χ0v) is 8.99. The van der Waals surface area contributed by atoms with Gasteiger partial charge in [0.05, 0.1) is 11.5 Å². The molecule has 10 nitrogen and oxygen atoms in total. The van der Waals surface area contributed by atoms with Gasteiger partial charge in [-0.2, -0.15) is 4.91 Å². The number of hydrogen-bond donors (Lipinski definition) is 1. The number of Topliss-reactive ketones (excluding diaryl/α,β-unsaturated/α-hetero) is 1. The van der Waals surface area contributed by atoms with Gasteiger partial charge in [-0.3, -0.25) is 20.8 Å². The molecule has 0 aliphatic heterocycles. The van der Waals surface area contributed by atoms with Gasteiger partial charge < -0.3 is 4.74 Å². The van der Waals surface area contributed by atoms with Crippen LogP contribution in [0, 0.1) is 10.1 Å². The molecule has 0 saturated heterocycles. The van der Waals surface area contributed by atoms with E-state index in [2.05, 4.69) is 20.7 Å². The second-order valence-corrected chi connectivity index (χ2v) is 2.36. The Morgan fingerprint density at radius 2 is 2.12 bits per heavy atom. The molecule has 0 aromatic heterocycles. The fourth-order valence-corrected chi connectivity index (χ4v) is 0.574. The number of rotatable bonds is 4. The van der Waals surface area contributed by atoms with E-state index >= 15 is 0 Å². The van der Waals surface area contributed by atoms with Crippen molar-refractivity contribution in [2.24, 2.45) is 11.1 Å². The van der Waals surface area contributed by atoms with Crippen molar-refractivity contribution in [2.45, 2.75) is 19.6 Å². The average molecular weight is 251 g/mol. The highest BCUT2D eigenvalue weighted by Crippen LogP contribution is 2.15. The molecule has 17 heavy (non-hydrogen) atoms. The number of azide groups is 1. The molecular formula is C6H10FN5O5. The van der Waals surface area contributed by atoms with Crippen molar-refractivity contribution in [1.29, 1.82) is 0 Å². The summed E-state index contributed by atoms with van der Waals surface area (Å²) in [6.45, 7) is 1.73. The average Bonchev–Trinajstić information content (AvgIpc) is 2.27. The number of carbonyl (C=O) groups is 2. The molecule has 0 radical (unpaired) electrons. The highest BCUT2D eigenvalue weighted by Gasteiger charge is 2.59. The van der Waals surface area contributed by atoms with Gasteiger partial charge in [0.15, 0.2) is 0 Å². The lowest BCUT2D eigenvalue weighted by molar-refractivity contribution is -0.570. The van der Waals surface area contributed by atoms with Crippen LogP contribution in [0.3, 0.4) is 0 Å². The molecule has 1 atom stereocenters. The molecule has 0 heterocycles. The summed E-state index contributed by atoms with van der Waals surface area (Å²) in [5.74, 6) is -2.82. The lowest BCUT2D eigenvalue weighted by atomic mass is 10.2. The normalized spacial score (nSPS) is 11.9. The fraction of sp³-hybridized carbons (Fsp3) is 0.667. The standard InChI is InChI=1S/C6H8FNO5.H2N4/c1-3-13-5(10)6(7,4(2)9)8(11)12;1-3-4-2/h3H2,1-2H3;1H2. The van der Waals surface area contributed by atoms with Gasteiger partial charge in [0.2, 0.25) is 0 Å². The van der Waals surface area contributed by atoms with E-state index in [1.54, 1.807) is 0 Å². The third kappa shape index (κ3) is 4.75. The summed E-state index contributed by atoms with van der Waals surface area (Å²) < 4.78 is 17.1. The van der Waals surface area contributed by atoms with E-state index in [1.165, 1.54) is 6.92 Å². The predicted octanol–water partition coefficient (Wildman–Crippen LogP) is 0.251. The lowest BCUT2D eigenvalue weighted by Crippen LogP contribution is -2.49. The van der Waals surface area contributed by atoms with Gasteiger partial charge in [0.1, 0.15) is 0 Å². The molecule has 0 aliphatic carbocycles. The van der Waals surface area contributed by atoms with Crippen LogP contribution in [0.5, 0.6) is 0 Å². The lowest BCUT2D eigenvalue weighted by Gasteiger charge is -2.10. The van der Waals surface area contributed by atoms with Crippen molar-refractivity contribution in [3.8, 4) is 0 Å². The SMILES string of the molecule is CCOC(=O)C(F)(C(C)=O)[N+](=O)[O-].[N-]=[N+]=NN. The van der Waals surface area contributed by atoms with Crippen molar-refractivity contribution in [2.75, 3.05) is 6.61 Å². The Bertz CT molecular complexity index is 339. The molecule has 0 aromatic rings. The summed E-state index contributed by atoms with van der Waals surface area (Å²) in [5, 5.41) is 12.5. The first kappa shape index (κ1) is 17.0. The molecule has 1 unspecified atom stereocenters. The second kappa shape index (κ2) is 7.82. The van der Waals surface area contributed by atoms with Crippen LogP contribution in [-0.2, 0) is 14.3 Å². The third-order valence-electron chi connectivity index (χ3n) is 1.32. The summed E-state index contributed by atoms with van der Waals surface area (Å²) in [5.41, 5.74) is 7.21. The summed E-state index contributed by atoms with van der Waals surface area (Å²) in [6.07, 6.45) is 0. The fourth-order valence-electron chi connectivity index (χ4n) is 0.574. The largest absolute Gasteiger partial charge is 0.513 e. The summed E-state index contributed by atoms with van der Waals surface area (Å²) in [6, 6.07) is 0. The van der Waals surface area contributed by atoms with E-state index in [-0.39, 0.29) is 6.61 Å². The van der Waals surface area contributed by atoms with Gasteiger partial charge in [-0.15, -0.1) is 9.92 Å². The first-order valence-corrected chi connectivity index (χ1v) is 4.04. The molecule has 0 amide bonds. The maximum Gasteiger partial charge on any atom is 0.513 e. The molecule has 0 fully saturated rings. The molecule has 2 N–H and O–H groups in total. The van der Waals surface area contributed by atoms with Crippen molar-refractivity contribution in [3.05, 3.63) is 20.6 Å². The van der Waals surface area contributed by atoms with Crippen molar-refractivity contribution in [3.63, 3.8) is 0 Å². The minimum absolute atomic E-state index is 0.231. The van der Waals surface area contributed by atoms with Crippen LogP contribution < -0.4 is 5.84 Å². The van der Waals surface area contributed by atoms with E-state index in [4.69, 9.17) is 5.53 Å². The minimum Gasteiger partial charge on any atom is -0.458 e. The summed E-state index contributed by atoms with van der Waals surface area (Å²) >= 11 is 0. The molecule has 0 spiro atoms. The zero-order chi connectivity index (χ0) is 14.1. The van der Waals surface area contributed by atoms with Crippen LogP contribution in [0.4, 0.5) is 4.39 Å². The van der Waals surface area contributed by atoms with Gasteiger partial charge >= 0.3 is 11.8 Å². The minimum atomic E-state index is -3.77. The number of alkyl halides is 1. The van der Waals surface area contributed by atoms with Crippen LogP contribution in [-0.4, -0.2) is 29.1 Å². The van der Waals surface area contributed by atoms with E-state index in [0.717, 1.165) is 0 Å². The Morgan fingerprint density at radius 1 is 1.71 bits per heavy atom. The number of ether oxygens (including phenoxy) is 1. The van der Waals surface area contributed by atoms with Gasteiger partial charge in [0.25, 0.3) is 5.78 Å². The molecule has 0 saturated carbocycles. The highest BCUT2D eigenvalue weighted by atomic mass is 19.1. The van der Waals surface area contributed by atoms with Crippen LogP contribution in [0.15, 0.2) is 5.22 Å². The molecular weight excluding hydrogens is 241 g/mol. The highest BCUT2D eigenvalue weighted by molar-refractivity contribution is 6.03. The maximum absolute atomic E-state index is 13.1. The second-order valence-electron chi connectivity index (χ2n) is 2.36. The number of hydrogen-bond acceptors (Lipinski definition) is 6. The molecule has 0 bridgehead atoms. The van der Waals surface area contributed by atoms with Gasteiger partial charge in [-0.05, 0) is 12.1 Å². The van der Waals surface area contributed by atoms with Crippen LogP contribution >= 0.6 is 0 Å². The number of ketones is 1. The van der Waals surface area contributed by atoms with Crippen molar-refractivity contribution >= 4 is 11.8 Å². The Morgan fingerprint density at radius 3 is 2.29 bits per heavy atom. The number of halogens is 1. The molecule has 0 aliphatic rings. The van der Waals surface area contributed by atoms with Crippen LogP contribution in [0.1, 0.15) is 13.8 Å². The van der Waals surface area contributed by atoms with Gasteiger partial charge in [-0.25, -0.2) is 4.79 Å². The number of nitrogens with zero attached hydrogens (tertiary/aromatic N) is 4. The third-order valence-corrected chi connectivity index (χ3v) is 1.32. The Hall–Kier alpha value is -2.42. The van der Waals surface area contributed by atoms with E-state index in [1.807, 2.05) is 0 Å². The monoisotopic (exact) mass is 251 g/mol. The number of esters is 1. The number of nitro groups is 1. The van der Waals surface area contributed by atoms with Crippen LogP contribution in [0.2, 0.25) is 0 Å². The Labute approximate surface area is 94.3 Å². The van der Waals surface area contributed by atoms with E-state index in [0.29, 0.717) is 6.92 Å². The smallest absolute Gasteiger partial charge is 0.458 e. The maximum atomic E-state index is 13.1. The molecule has 0 aromatic carbocycles. The molecule has 96 valence electrons. The van der Waals surface area contributed by atoms with Crippen molar-refractivity contribution in [1.82, 2.24) is 0 Å². The summed E-state index contributed by atoms with van der Waals surface area (Å²) in [7, 11) is 0. The van der Waals surface area contributed by atoms with Crippen LogP contribution in [0.25, 0.3) is 10.4 Å². The van der Waals surface area contributed by atoms with Gasteiger partial charge in [0, 0.05) is 6.92 Å². The van der Waals surface area contributed by atoms with Crippen molar-refractivity contribution < 1.29 is 23.6 Å². The first-order valence-electron chi connectivity index (χ1n) is 4.04. The first-order chi connectivity index (χ1) is 7.78. The Balaban J connectivity index is 0. The molecule has 11 heteroatoms. The summed E-state index contributed by atoms with van der Waals surface area (Å²) in [4.78, 5) is 31.8. The quantitative estimate of drug-likeness (QED) is 0.0866. The Kier molecular flexibility index (Phi) is 7.81. The zero-order valence-electron chi connectivity index (χ0n) is 8.99. The van der Waals surface area contributed by atoms with Gasteiger partial charge in [-0.1, -0.05) is 0 Å². The van der Waals surface area contributed by atoms with E-state index < -0.39 is 22.5 Å². The topological polar surface area (TPSA) is 161 Å². The van der Waals surface area contributed by atoms with E-state index in [9.17, 15) is 24.1 Å². The predicted molar refractivity (Wildman–Crippen MR) is 51.5 cm³/mol. The number of nitrogens with two attached hydrogens (primary N) is 1. The number of carbonyl (C=O) groups excluding carboxylic acids is 2.